The van der Waals surface area contributed by atoms with Crippen LogP contribution in [0.2, 0.25) is 0 Å². The molecule has 1 atom stereocenters. The number of nitrogens with zero attached hydrogens (tertiary/aromatic N) is 1. The van der Waals surface area contributed by atoms with E-state index in [-0.39, 0.29) is 0 Å². The molecule has 4 nitrogen and oxygen atoms in total. The Labute approximate surface area is 121 Å². The summed E-state index contributed by atoms with van der Waals surface area (Å²) >= 11 is 0. The molecule has 0 bridgehead atoms. The number of hydrogen-bond acceptors (Lipinski definition) is 4. The fourth-order valence-corrected chi connectivity index (χ4v) is 3.10. The number of hydrogen-bond donors (Lipinski definition) is 1. The number of methoxy groups -OCH3 is 1. The molecule has 0 spiro atoms. The largest absolute Gasteiger partial charge is 0.489 e. The topological polar surface area (TPSA) is 33.7 Å². The lowest BCUT2D eigenvalue weighted by Gasteiger charge is -2.37. The Hall–Kier alpha value is -1.26. The molecule has 0 aromatic heterocycles. The van der Waals surface area contributed by atoms with Gasteiger partial charge in [0.2, 0.25) is 0 Å². The van der Waals surface area contributed by atoms with Crippen LogP contribution in [0, 0.1) is 0 Å². The maximum absolute atomic E-state index is 5.95. The lowest BCUT2D eigenvalue weighted by Crippen LogP contribution is -2.43. The van der Waals surface area contributed by atoms with Crippen molar-refractivity contribution in [2.24, 2.45) is 0 Å². The highest BCUT2D eigenvalue weighted by Crippen LogP contribution is 2.37. The summed E-state index contributed by atoms with van der Waals surface area (Å²) in [5, 5.41) is 3.46. The van der Waals surface area contributed by atoms with Crippen LogP contribution >= 0.6 is 0 Å². The summed E-state index contributed by atoms with van der Waals surface area (Å²) in [5.41, 5.74) is 4.14. The fourth-order valence-electron chi connectivity index (χ4n) is 3.10. The Morgan fingerprint density at radius 2 is 2.05 bits per heavy atom. The van der Waals surface area contributed by atoms with Crippen LogP contribution < -0.4 is 15.0 Å². The van der Waals surface area contributed by atoms with E-state index in [1.54, 1.807) is 7.11 Å². The predicted molar refractivity (Wildman–Crippen MR) is 80.9 cm³/mol. The van der Waals surface area contributed by atoms with E-state index in [0.717, 1.165) is 51.4 Å². The molecule has 1 aromatic carbocycles. The highest BCUT2D eigenvalue weighted by molar-refractivity contribution is 5.64. The molecule has 20 heavy (non-hydrogen) atoms. The van der Waals surface area contributed by atoms with Gasteiger partial charge in [-0.3, -0.25) is 0 Å². The third kappa shape index (κ3) is 2.63. The number of fused-ring (bicyclic) bond motifs is 2. The van der Waals surface area contributed by atoms with Crippen LogP contribution in [-0.2, 0) is 17.6 Å². The van der Waals surface area contributed by atoms with E-state index in [9.17, 15) is 0 Å². The quantitative estimate of drug-likeness (QED) is 0.909. The van der Waals surface area contributed by atoms with E-state index in [2.05, 4.69) is 29.3 Å². The second kappa shape index (κ2) is 6.02. The molecule has 0 amide bonds. The molecule has 0 fully saturated rings. The van der Waals surface area contributed by atoms with Gasteiger partial charge in [0.05, 0.1) is 18.3 Å². The fraction of sp³-hybridized carbons (Fsp3) is 0.625. The molecule has 0 saturated heterocycles. The van der Waals surface area contributed by atoms with Crippen LogP contribution in [0.3, 0.4) is 0 Å². The van der Waals surface area contributed by atoms with Gasteiger partial charge in [-0.1, -0.05) is 0 Å². The second-order valence-electron chi connectivity index (χ2n) is 5.68. The highest BCUT2D eigenvalue weighted by Gasteiger charge is 2.25. The minimum atomic E-state index is 0.402. The van der Waals surface area contributed by atoms with Crippen molar-refractivity contribution in [1.29, 1.82) is 0 Å². The summed E-state index contributed by atoms with van der Waals surface area (Å²) in [6, 6.07) is 4.99. The van der Waals surface area contributed by atoms with Gasteiger partial charge >= 0.3 is 0 Å². The van der Waals surface area contributed by atoms with Crippen LogP contribution in [-0.4, -0.2) is 46.0 Å². The summed E-state index contributed by atoms with van der Waals surface area (Å²) < 4.78 is 11.2. The standard InChI is InChI=1S/C16H24N2O2/c1-12-11-20-16-10-14-4-6-17-5-3-13(14)9-15(16)18(12)7-8-19-2/h9-10,12,17H,3-8,11H2,1-2H3/t12-/m1/s1. The van der Waals surface area contributed by atoms with Gasteiger partial charge in [-0.15, -0.1) is 0 Å². The first kappa shape index (κ1) is 13.7. The first-order chi connectivity index (χ1) is 9.79. The smallest absolute Gasteiger partial charge is 0.143 e. The zero-order valence-electron chi connectivity index (χ0n) is 12.4. The van der Waals surface area contributed by atoms with Crippen molar-refractivity contribution in [3.05, 3.63) is 23.3 Å². The van der Waals surface area contributed by atoms with Crippen molar-refractivity contribution < 1.29 is 9.47 Å². The van der Waals surface area contributed by atoms with Crippen molar-refractivity contribution in [3.8, 4) is 5.75 Å². The lowest BCUT2D eigenvalue weighted by atomic mass is 9.99. The monoisotopic (exact) mass is 276 g/mol. The minimum absolute atomic E-state index is 0.402. The zero-order valence-corrected chi connectivity index (χ0v) is 12.4. The Kier molecular flexibility index (Phi) is 4.13. The van der Waals surface area contributed by atoms with Gasteiger partial charge in [0.25, 0.3) is 0 Å². The molecule has 3 rings (SSSR count). The van der Waals surface area contributed by atoms with Gasteiger partial charge < -0.3 is 19.7 Å². The summed E-state index contributed by atoms with van der Waals surface area (Å²) in [6.45, 7) is 6.78. The summed E-state index contributed by atoms with van der Waals surface area (Å²) in [4.78, 5) is 2.42. The van der Waals surface area contributed by atoms with E-state index in [0.29, 0.717) is 6.04 Å². The first-order valence-corrected chi connectivity index (χ1v) is 7.54. The van der Waals surface area contributed by atoms with Crippen LogP contribution in [0.1, 0.15) is 18.1 Å². The number of benzene rings is 1. The molecule has 2 heterocycles. The van der Waals surface area contributed by atoms with Gasteiger partial charge in [0.15, 0.2) is 0 Å². The van der Waals surface area contributed by atoms with Gasteiger partial charge in [0, 0.05) is 13.7 Å². The van der Waals surface area contributed by atoms with Crippen LogP contribution in [0.4, 0.5) is 5.69 Å². The van der Waals surface area contributed by atoms with E-state index in [4.69, 9.17) is 9.47 Å². The number of anilines is 1. The molecule has 0 radical (unpaired) electrons. The Balaban J connectivity index is 1.94. The van der Waals surface area contributed by atoms with Gasteiger partial charge in [0.1, 0.15) is 12.4 Å². The van der Waals surface area contributed by atoms with Crippen molar-refractivity contribution in [2.45, 2.75) is 25.8 Å². The molecule has 0 unspecified atom stereocenters. The minimum Gasteiger partial charge on any atom is -0.489 e. The Bertz CT molecular complexity index is 476. The number of rotatable bonds is 3. The predicted octanol–water partition coefficient (Wildman–Crippen LogP) is 1.61. The van der Waals surface area contributed by atoms with Crippen molar-refractivity contribution in [1.82, 2.24) is 5.32 Å². The first-order valence-electron chi connectivity index (χ1n) is 7.54. The van der Waals surface area contributed by atoms with Gasteiger partial charge in [-0.05, 0) is 56.1 Å². The SMILES string of the molecule is COCCN1c2cc3c(cc2OC[C@H]1C)CCNCC3. The third-order valence-electron chi connectivity index (χ3n) is 4.28. The number of nitrogens with one attached hydrogen (secondary N) is 1. The van der Waals surface area contributed by atoms with Gasteiger partial charge in [-0.2, -0.15) is 0 Å². The summed E-state index contributed by atoms with van der Waals surface area (Å²) in [5.74, 6) is 1.04. The normalized spacial score (nSPS) is 21.7. The van der Waals surface area contributed by atoms with E-state index in [1.165, 1.54) is 16.8 Å². The maximum atomic E-state index is 5.95. The molecular weight excluding hydrogens is 252 g/mol. The number of ether oxygens (including phenoxy) is 2. The molecule has 0 aliphatic carbocycles. The van der Waals surface area contributed by atoms with Crippen LogP contribution in [0.25, 0.3) is 0 Å². The molecule has 1 aromatic rings. The average molecular weight is 276 g/mol. The Morgan fingerprint density at radius 1 is 1.30 bits per heavy atom. The van der Waals surface area contributed by atoms with E-state index >= 15 is 0 Å². The van der Waals surface area contributed by atoms with Crippen LogP contribution in [0.15, 0.2) is 12.1 Å². The van der Waals surface area contributed by atoms with E-state index < -0.39 is 0 Å². The maximum Gasteiger partial charge on any atom is 0.143 e. The van der Waals surface area contributed by atoms with Gasteiger partial charge in [-0.25, -0.2) is 0 Å². The summed E-state index contributed by atoms with van der Waals surface area (Å²) in [7, 11) is 1.76. The Morgan fingerprint density at radius 3 is 2.80 bits per heavy atom. The third-order valence-corrected chi connectivity index (χ3v) is 4.28. The lowest BCUT2D eigenvalue weighted by molar-refractivity contribution is 0.195. The second-order valence-corrected chi connectivity index (χ2v) is 5.68. The molecule has 2 aliphatic heterocycles. The van der Waals surface area contributed by atoms with Crippen molar-refractivity contribution >= 4 is 5.69 Å². The summed E-state index contributed by atoms with van der Waals surface area (Å²) in [6.07, 6.45) is 2.20. The van der Waals surface area contributed by atoms with E-state index in [1.807, 2.05) is 0 Å². The average Bonchev–Trinajstić information content (AvgIpc) is 2.69. The van der Waals surface area contributed by atoms with Crippen molar-refractivity contribution in [2.75, 3.05) is 44.9 Å². The molecule has 2 aliphatic rings. The molecule has 4 heteroatoms. The zero-order chi connectivity index (χ0) is 13.9. The molecular formula is C16H24N2O2. The highest BCUT2D eigenvalue weighted by atomic mass is 16.5. The molecule has 0 saturated carbocycles. The van der Waals surface area contributed by atoms with Crippen LogP contribution in [0.5, 0.6) is 5.75 Å². The molecule has 110 valence electrons. The van der Waals surface area contributed by atoms with Crippen molar-refractivity contribution in [3.63, 3.8) is 0 Å². The molecule has 1 N–H and O–H groups in total.